The van der Waals surface area contributed by atoms with Gasteiger partial charge in [-0.05, 0) is 37.6 Å². The lowest BCUT2D eigenvalue weighted by Crippen LogP contribution is -2.38. The van der Waals surface area contributed by atoms with Gasteiger partial charge >= 0.3 is 0 Å². The van der Waals surface area contributed by atoms with Gasteiger partial charge in [0.25, 0.3) is 0 Å². The summed E-state index contributed by atoms with van der Waals surface area (Å²) in [6.45, 7) is 11.1. The van der Waals surface area contributed by atoms with Crippen molar-refractivity contribution in [1.29, 1.82) is 0 Å². The van der Waals surface area contributed by atoms with Crippen molar-refractivity contribution >= 4 is 15.8 Å². The van der Waals surface area contributed by atoms with Gasteiger partial charge in [0.2, 0.25) is 5.95 Å². The zero-order valence-corrected chi connectivity index (χ0v) is 17.6. The van der Waals surface area contributed by atoms with Crippen LogP contribution in [0.1, 0.15) is 57.2 Å². The zero-order valence-electron chi connectivity index (χ0n) is 16.8. The Balaban J connectivity index is 1.61. The predicted octanol–water partition coefficient (Wildman–Crippen LogP) is 2.46. The van der Waals surface area contributed by atoms with E-state index in [9.17, 15) is 8.42 Å². The molecular formula is C20H32N4O2S. The highest BCUT2D eigenvalue weighted by molar-refractivity contribution is 7.91. The van der Waals surface area contributed by atoms with Crippen LogP contribution in [-0.4, -0.2) is 61.3 Å². The summed E-state index contributed by atoms with van der Waals surface area (Å²) in [5.74, 6) is 2.17. The van der Waals surface area contributed by atoms with Crippen LogP contribution in [0.2, 0.25) is 0 Å². The number of piperidine rings is 1. The Hall–Kier alpha value is -1.21. The Kier molecular flexibility index (Phi) is 5.18. The first-order valence-electron chi connectivity index (χ1n) is 10.4. The van der Waals surface area contributed by atoms with E-state index in [2.05, 4.69) is 35.6 Å². The van der Waals surface area contributed by atoms with Crippen LogP contribution in [0.15, 0.2) is 6.20 Å². The number of likely N-dealkylation sites (tertiary alicyclic amines) is 1. The van der Waals surface area contributed by atoms with E-state index in [0.29, 0.717) is 18.4 Å². The van der Waals surface area contributed by atoms with Crippen LogP contribution in [0, 0.1) is 11.8 Å². The molecule has 0 saturated carbocycles. The molecule has 0 N–H and O–H groups in total. The highest BCUT2D eigenvalue weighted by Crippen LogP contribution is 2.39. The van der Waals surface area contributed by atoms with Gasteiger partial charge in [0, 0.05) is 43.9 Å². The summed E-state index contributed by atoms with van der Waals surface area (Å²) < 4.78 is 25.7. The van der Waals surface area contributed by atoms with Gasteiger partial charge < -0.3 is 9.80 Å². The minimum atomic E-state index is -3.13. The molecule has 27 heavy (non-hydrogen) atoms. The van der Waals surface area contributed by atoms with E-state index >= 15 is 0 Å². The molecule has 0 amide bonds. The molecule has 2 saturated heterocycles. The van der Waals surface area contributed by atoms with Crippen molar-refractivity contribution < 1.29 is 8.42 Å². The maximum atomic E-state index is 12.8. The van der Waals surface area contributed by atoms with Crippen LogP contribution in [0.4, 0.5) is 5.95 Å². The first kappa shape index (κ1) is 19.1. The Morgan fingerprint density at radius 1 is 1.26 bits per heavy atom. The molecule has 3 atom stereocenters. The van der Waals surface area contributed by atoms with Gasteiger partial charge in [0.1, 0.15) is 0 Å². The number of hydrogen-bond donors (Lipinski definition) is 0. The number of rotatable bonds is 4. The minimum absolute atomic E-state index is 0.00474. The van der Waals surface area contributed by atoms with Crippen molar-refractivity contribution in [3.63, 3.8) is 0 Å². The molecule has 0 bridgehead atoms. The van der Waals surface area contributed by atoms with Gasteiger partial charge in [-0.1, -0.05) is 20.8 Å². The summed E-state index contributed by atoms with van der Waals surface area (Å²) in [7, 11) is -3.13. The first-order valence-corrected chi connectivity index (χ1v) is 12.1. The van der Waals surface area contributed by atoms with Crippen LogP contribution in [0.5, 0.6) is 0 Å². The van der Waals surface area contributed by atoms with E-state index < -0.39 is 9.84 Å². The van der Waals surface area contributed by atoms with Gasteiger partial charge in [0.05, 0.1) is 16.7 Å². The maximum Gasteiger partial charge on any atom is 0.225 e. The Morgan fingerprint density at radius 2 is 2.07 bits per heavy atom. The van der Waals surface area contributed by atoms with Crippen LogP contribution < -0.4 is 4.90 Å². The highest BCUT2D eigenvalue weighted by atomic mass is 32.2. The zero-order chi connectivity index (χ0) is 19.2. The average Bonchev–Trinajstić information content (AvgIpc) is 3.05. The van der Waals surface area contributed by atoms with Crippen LogP contribution in [0.25, 0.3) is 0 Å². The van der Waals surface area contributed by atoms with Gasteiger partial charge in [-0.25, -0.2) is 18.4 Å². The molecule has 0 spiro atoms. The smallest absolute Gasteiger partial charge is 0.225 e. The monoisotopic (exact) mass is 392 g/mol. The largest absolute Gasteiger partial charge is 0.341 e. The third-order valence-corrected chi connectivity index (χ3v) is 8.47. The minimum Gasteiger partial charge on any atom is -0.341 e. The van der Waals surface area contributed by atoms with E-state index in [4.69, 9.17) is 4.98 Å². The predicted molar refractivity (Wildman–Crippen MR) is 108 cm³/mol. The number of anilines is 1. The second kappa shape index (κ2) is 7.32. The second-order valence-electron chi connectivity index (χ2n) is 9.17. The number of aromatic nitrogens is 2. The topological polar surface area (TPSA) is 66.4 Å². The second-order valence-corrected chi connectivity index (χ2v) is 11.4. The molecule has 6 nitrogen and oxygen atoms in total. The van der Waals surface area contributed by atoms with Crippen molar-refractivity contribution in [2.24, 2.45) is 11.8 Å². The van der Waals surface area contributed by atoms with Gasteiger partial charge in [-0.2, -0.15) is 0 Å². The van der Waals surface area contributed by atoms with Crippen molar-refractivity contribution in [2.45, 2.75) is 57.0 Å². The molecule has 1 aromatic heterocycles. The van der Waals surface area contributed by atoms with E-state index in [1.165, 1.54) is 12.8 Å². The molecule has 1 aromatic rings. The molecule has 2 fully saturated rings. The van der Waals surface area contributed by atoms with Crippen LogP contribution >= 0.6 is 0 Å². The quantitative estimate of drug-likeness (QED) is 0.784. The molecule has 7 heteroatoms. The number of nitrogens with zero attached hydrogens (tertiary/aromatic N) is 4. The van der Waals surface area contributed by atoms with Gasteiger partial charge in [-0.15, -0.1) is 0 Å². The summed E-state index contributed by atoms with van der Waals surface area (Å²) in [6.07, 6.45) is 5.31. The molecule has 150 valence electrons. The van der Waals surface area contributed by atoms with E-state index in [-0.39, 0.29) is 16.9 Å². The number of hydrogen-bond acceptors (Lipinski definition) is 6. The summed E-state index contributed by atoms with van der Waals surface area (Å²) >= 11 is 0. The SMILES string of the molecule is CC(C)CCN1C[C@@H]2c3nc(N4CCC[C@@H](C)C4)ncc3CS(=O)(=O)[C@@H]2C1. The number of sulfone groups is 1. The third kappa shape index (κ3) is 3.86. The molecular weight excluding hydrogens is 360 g/mol. The fourth-order valence-electron chi connectivity index (χ4n) is 4.79. The molecule has 4 rings (SSSR count). The maximum absolute atomic E-state index is 12.8. The molecule has 0 aromatic carbocycles. The van der Waals surface area contributed by atoms with E-state index in [0.717, 1.165) is 49.8 Å². The molecule has 0 radical (unpaired) electrons. The lowest BCUT2D eigenvalue weighted by Gasteiger charge is -2.32. The fraction of sp³-hybridized carbons (Fsp3) is 0.800. The summed E-state index contributed by atoms with van der Waals surface area (Å²) in [5.41, 5.74) is 1.81. The standard InChI is InChI=1S/C20H32N4O2S/c1-14(2)6-8-23-11-17-18(12-23)27(25,26)13-16-9-21-20(22-19(16)17)24-7-4-5-15(3)10-24/h9,14-15,17-18H,4-8,10-13H2,1-3H3/t15-,17+,18-/m1/s1. The van der Waals surface area contributed by atoms with Gasteiger partial charge in [-0.3, -0.25) is 0 Å². The van der Waals surface area contributed by atoms with Gasteiger partial charge in [0.15, 0.2) is 9.84 Å². The highest BCUT2D eigenvalue weighted by Gasteiger charge is 2.47. The molecule has 3 aliphatic heterocycles. The van der Waals surface area contributed by atoms with E-state index in [1.54, 1.807) is 6.20 Å². The molecule has 4 heterocycles. The molecule has 0 aliphatic carbocycles. The van der Waals surface area contributed by atoms with E-state index in [1.807, 2.05) is 0 Å². The van der Waals surface area contributed by atoms with Crippen molar-refractivity contribution in [3.8, 4) is 0 Å². The molecule has 3 aliphatic rings. The van der Waals surface area contributed by atoms with Crippen LogP contribution in [-0.2, 0) is 15.6 Å². The average molecular weight is 393 g/mol. The lowest BCUT2D eigenvalue weighted by atomic mass is 9.99. The Labute approximate surface area is 163 Å². The Morgan fingerprint density at radius 3 is 2.81 bits per heavy atom. The first-order chi connectivity index (χ1) is 12.8. The van der Waals surface area contributed by atoms with Crippen LogP contribution in [0.3, 0.4) is 0 Å². The van der Waals surface area contributed by atoms with Crippen molar-refractivity contribution in [1.82, 2.24) is 14.9 Å². The fourth-order valence-corrected chi connectivity index (χ4v) is 6.81. The van der Waals surface area contributed by atoms with Crippen molar-refractivity contribution in [2.75, 3.05) is 37.6 Å². The molecule has 0 unspecified atom stereocenters. The summed E-state index contributed by atoms with van der Waals surface area (Å²) in [6, 6.07) is 0. The summed E-state index contributed by atoms with van der Waals surface area (Å²) in [5, 5.41) is -0.305. The number of fused-ring (bicyclic) bond motifs is 3. The third-order valence-electron chi connectivity index (χ3n) is 6.36. The van der Waals surface area contributed by atoms with Crippen molar-refractivity contribution in [3.05, 3.63) is 17.5 Å². The summed E-state index contributed by atoms with van der Waals surface area (Å²) in [4.78, 5) is 14.1. The lowest BCUT2D eigenvalue weighted by molar-refractivity contribution is 0.310. The Bertz CT molecular complexity index is 795. The normalized spacial score (nSPS) is 30.4.